The largest absolute Gasteiger partial charge is 0.497 e. The van der Waals surface area contributed by atoms with Crippen LogP contribution in [0.4, 0.5) is 0 Å². The van der Waals surface area contributed by atoms with E-state index in [0.29, 0.717) is 12.0 Å². The average molecular weight is 217 g/mol. The second-order valence-corrected chi connectivity index (χ2v) is 5.47. The van der Waals surface area contributed by atoms with Gasteiger partial charge in [0.2, 0.25) is 0 Å². The average Bonchev–Trinajstić information content (AvgIpc) is 2.50. The summed E-state index contributed by atoms with van der Waals surface area (Å²) in [5, 5.41) is 0. The molecule has 2 aliphatic rings. The van der Waals surface area contributed by atoms with Crippen LogP contribution in [0.1, 0.15) is 30.9 Å². The van der Waals surface area contributed by atoms with E-state index < -0.39 is 0 Å². The summed E-state index contributed by atoms with van der Waals surface area (Å²) in [5.74, 6) is 1.64. The Morgan fingerprint density at radius 3 is 3.00 bits per heavy atom. The molecule has 2 nitrogen and oxygen atoms in total. The van der Waals surface area contributed by atoms with Crippen molar-refractivity contribution < 1.29 is 4.74 Å². The van der Waals surface area contributed by atoms with Gasteiger partial charge in [0.1, 0.15) is 5.75 Å². The van der Waals surface area contributed by atoms with Gasteiger partial charge >= 0.3 is 0 Å². The maximum atomic E-state index is 6.38. The van der Waals surface area contributed by atoms with E-state index in [9.17, 15) is 0 Å². The van der Waals surface area contributed by atoms with Gasteiger partial charge in [-0.3, -0.25) is 0 Å². The minimum Gasteiger partial charge on any atom is -0.497 e. The molecule has 0 heterocycles. The van der Waals surface area contributed by atoms with Gasteiger partial charge in [0.15, 0.2) is 0 Å². The Hall–Kier alpha value is -1.02. The van der Waals surface area contributed by atoms with Crippen LogP contribution >= 0.6 is 0 Å². The highest BCUT2D eigenvalue weighted by molar-refractivity contribution is 5.45. The Kier molecular flexibility index (Phi) is 2.05. The molecule has 16 heavy (non-hydrogen) atoms. The van der Waals surface area contributed by atoms with E-state index in [1.165, 1.54) is 24.0 Å². The fourth-order valence-corrected chi connectivity index (χ4v) is 3.57. The van der Waals surface area contributed by atoms with Gasteiger partial charge in [-0.25, -0.2) is 0 Å². The molecule has 2 N–H and O–H groups in total. The number of rotatable bonds is 1. The molecule has 2 aliphatic carbocycles. The van der Waals surface area contributed by atoms with Crippen LogP contribution in [0.15, 0.2) is 18.2 Å². The van der Waals surface area contributed by atoms with Gasteiger partial charge in [-0.2, -0.15) is 0 Å². The van der Waals surface area contributed by atoms with Gasteiger partial charge in [0.25, 0.3) is 0 Å². The first kappa shape index (κ1) is 10.2. The molecular weight excluding hydrogens is 198 g/mol. The highest BCUT2D eigenvalue weighted by atomic mass is 16.5. The molecule has 1 unspecified atom stereocenters. The summed E-state index contributed by atoms with van der Waals surface area (Å²) in [6.07, 6.45) is 3.64. The summed E-state index contributed by atoms with van der Waals surface area (Å²) < 4.78 is 5.33. The van der Waals surface area contributed by atoms with E-state index in [-0.39, 0.29) is 5.41 Å². The van der Waals surface area contributed by atoms with Crippen LogP contribution in [0, 0.1) is 5.92 Å². The van der Waals surface area contributed by atoms with Crippen molar-refractivity contribution in [2.45, 2.75) is 37.6 Å². The molecule has 0 spiro atoms. The Balaban J connectivity index is 2.15. The number of ether oxygens (including phenoxy) is 1. The quantitative estimate of drug-likeness (QED) is 0.783. The zero-order valence-electron chi connectivity index (χ0n) is 9.99. The molecule has 2 heteroatoms. The molecule has 0 radical (unpaired) electrons. The van der Waals surface area contributed by atoms with Crippen molar-refractivity contribution in [1.29, 1.82) is 0 Å². The molecular formula is C14H19NO. The lowest BCUT2D eigenvalue weighted by Gasteiger charge is -2.38. The summed E-state index contributed by atoms with van der Waals surface area (Å²) in [6.45, 7) is 2.31. The molecule has 0 saturated heterocycles. The van der Waals surface area contributed by atoms with Crippen LogP contribution in [0.2, 0.25) is 0 Å². The van der Waals surface area contributed by atoms with E-state index in [4.69, 9.17) is 10.5 Å². The van der Waals surface area contributed by atoms with E-state index in [1.54, 1.807) is 7.11 Å². The molecule has 3 atom stereocenters. The molecule has 3 rings (SSSR count). The molecule has 1 aromatic carbocycles. The Labute approximate surface area is 96.8 Å². The Morgan fingerprint density at radius 1 is 1.44 bits per heavy atom. The smallest absolute Gasteiger partial charge is 0.119 e. The summed E-state index contributed by atoms with van der Waals surface area (Å²) >= 11 is 0. The minimum absolute atomic E-state index is 0.173. The van der Waals surface area contributed by atoms with Crippen LogP contribution < -0.4 is 10.5 Å². The Bertz CT molecular complexity index is 429. The topological polar surface area (TPSA) is 35.2 Å². The van der Waals surface area contributed by atoms with Gasteiger partial charge < -0.3 is 10.5 Å². The van der Waals surface area contributed by atoms with Crippen molar-refractivity contribution in [3.05, 3.63) is 29.3 Å². The van der Waals surface area contributed by atoms with Crippen molar-refractivity contribution in [3.63, 3.8) is 0 Å². The molecule has 2 bridgehead atoms. The number of nitrogens with two attached hydrogens (primary N) is 1. The molecule has 86 valence electrons. The summed E-state index contributed by atoms with van der Waals surface area (Å²) in [5.41, 5.74) is 9.46. The summed E-state index contributed by atoms with van der Waals surface area (Å²) in [6, 6.07) is 6.80. The standard InChI is InChI=1S/C14H19NO/c1-14-6-5-10(13(14)15)7-9-3-4-11(16-2)8-12(9)14/h3-4,8,10,13H,5-7,15H2,1-2H3/t10?,13-,14-/m1/s1. The molecule has 0 amide bonds. The van der Waals surface area contributed by atoms with Crippen molar-refractivity contribution in [1.82, 2.24) is 0 Å². The third-order valence-electron chi connectivity index (χ3n) is 4.69. The van der Waals surface area contributed by atoms with E-state index in [1.807, 2.05) is 0 Å². The fourth-order valence-electron chi connectivity index (χ4n) is 3.57. The molecule has 0 aromatic heterocycles. The van der Waals surface area contributed by atoms with Crippen LogP contribution in [-0.4, -0.2) is 13.2 Å². The van der Waals surface area contributed by atoms with Gasteiger partial charge in [-0.1, -0.05) is 13.0 Å². The third-order valence-corrected chi connectivity index (χ3v) is 4.69. The maximum absolute atomic E-state index is 6.38. The van der Waals surface area contributed by atoms with Crippen molar-refractivity contribution >= 4 is 0 Å². The van der Waals surface area contributed by atoms with Crippen molar-refractivity contribution in [2.24, 2.45) is 11.7 Å². The first-order valence-corrected chi connectivity index (χ1v) is 6.08. The predicted octanol–water partition coefficient (Wildman–Crippen LogP) is 2.25. The Morgan fingerprint density at radius 2 is 2.25 bits per heavy atom. The zero-order valence-corrected chi connectivity index (χ0v) is 9.99. The highest BCUT2D eigenvalue weighted by Gasteiger charge is 2.48. The van der Waals surface area contributed by atoms with Crippen LogP contribution in [0.25, 0.3) is 0 Å². The molecule has 1 saturated carbocycles. The molecule has 1 fully saturated rings. The minimum atomic E-state index is 0.173. The second-order valence-electron chi connectivity index (χ2n) is 5.47. The number of hydrogen-bond acceptors (Lipinski definition) is 2. The lowest BCUT2D eigenvalue weighted by atomic mass is 9.69. The lowest BCUT2D eigenvalue weighted by Crippen LogP contribution is -2.46. The lowest BCUT2D eigenvalue weighted by molar-refractivity contribution is 0.343. The SMILES string of the molecule is COc1ccc2c(c1)[C@@]1(C)CCC(C2)[C@H]1N. The first-order chi connectivity index (χ1) is 7.65. The van der Waals surface area contributed by atoms with E-state index in [0.717, 1.165) is 12.2 Å². The van der Waals surface area contributed by atoms with Crippen LogP contribution in [0.5, 0.6) is 5.75 Å². The number of methoxy groups -OCH3 is 1. The molecule has 1 aromatic rings. The third kappa shape index (κ3) is 1.17. The maximum Gasteiger partial charge on any atom is 0.119 e. The van der Waals surface area contributed by atoms with Crippen LogP contribution in [-0.2, 0) is 11.8 Å². The van der Waals surface area contributed by atoms with Crippen molar-refractivity contribution in [3.8, 4) is 5.75 Å². The second kappa shape index (κ2) is 3.24. The predicted molar refractivity (Wildman–Crippen MR) is 64.7 cm³/mol. The van der Waals surface area contributed by atoms with Gasteiger partial charge in [-0.05, 0) is 48.4 Å². The normalized spacial score (nSPS) is 35.9. The van der Waals surface area contributed by atoms with Gasteiger partial charge in [-0.15, -0.1) is 0 Å². The summed E-state index contributed by atoms with van der Waals surface area (Å²) in [7, 11) is 1.73. The fraction of sp³-hybridized carbons (Fsp3) is 0.571. The van der Waals surface area contributed by atoms with Gasteiger partial charge in [0.05, 0.1) is 7.11 Å². The van der Waals surface area contributed by atoms with E-state index >= 15 is 0 Å². The number of hydrogen-bond donors (Lipinski definition) is 1. The molecule has 0 aliphatic heterocycles. The number of fused-ring (bicyclic) bond motifs is 4. The number of benzene rings is 1. The van der Waals surface area contributed by atoms with Crippen molar-refractivity contribution in [2.75, 3.05) is 7.11 Å². The zero-order chi connectivity index (χ0) is 11.3. The highest BCUT2D eigenvalue weighted by Crippen LogP contribution is 2.50. The summed E-state index contributed by atoms with van der Waals surface area (Å²) in [4.78, 5) is 0. The van der Waals surface area contributed by atoms with Crippen LogP contribution in [0.3, 0.4) is 0 Å². The van der Waals surface area contributed by atoms with E-state index in [2.05, 4.69) is 25.1 Å². The van der Waals surface area contributed by atoms with Gasteiger partial charge in [0, 0.05) is 11.5 Å². The first-order valence-electron chi connectivity index (χ1n) is 6.08. The monoisotopic (exact) mass is 217 g/mol.